The topological polar surface area (TPSA) is 38.0 Å². The Morgan fingerprint density at radius 1 is 1.40 bits per heavy atom. The van der Waals surface area contributed by atoms with Crippen molar-refractivity contribution in [3.8, 4) is 0 Å². The minimum Gasteiger partial charge on any atom is -0.393 e. The van der Waals surface area contributed by atoms with Gasteiger partial charge in [-0.25, -0.2) is 4.98 Å². The number of hydrogen-bond donors (Lipinski definition) is 1. The van der Waals surface area contributed by atoms with Gasteiger partial charge in [-0.05, 0) is 30.6 Å². The lowest BCUT2D eigenvalue weighted by atomic mass is 9.66. The maximum absolute atomic E-state index is 10.1. The van der Waals surface area contributed by atoms with E-state index in [1.54, 1.807) is 0 Å². The van der Waals surface area contributed by atoms with Gasteiger partial charge in [-0.15, -0.1) is 0 Å². The van der Waals surface area contributed by atoms with Crippen LogP contribution in [0.4, 0.5) is 0 Å². The Morgan fingerprint density at radius 3 is 2.70 bits per heavy atom. The second-order valence-corrected chi connectivity index (χ2v) is 7.33. The molecule has 1 aromatic rings. The Labute approximate surface area is 123 Å². The van der Waals surface area contributed by atoms with Gasteiger partial charge >= 0.3 is 0 Å². The highest BCUT2D eigenvalue weighted by Gasteiger charge is 2.40. The molecule has 3 heteroatoms. The third-order valence-electron chi connectivity index (χ3n) is 5.28. The van der Waals surface area contributed by atoms with Crippen molar-refractivity contribution < 1.29 is 5.11 Å². The molecule has 0 aliphatic heterocycles. The molecule has 0 spiro atoms. The number of imidazole rings is 1. The first-order chi connectivity index (χ1) is 9.36. The smallest absolute Gasteiger partial charge is 0.111 e. The molecule has 2 rings (SSSR count). The monoisotopic (exact) mass is 278 g/mol. The number of nitrogens with zero attached hydrogens (tertiary/aromatic N) is 2. The summed E-state index contributed by atoms with van der Waals surface area (Å²) >= 11 is 0. The van der Waals surface area contributed by atoms with Crippen LogP contribution in [-0.2, 0) is 0 Å². The fraction of sp³-hybridized carbons (Fsp3) is 0.824. The highest BCUT2D eigenvalue weighted by atomic mass is 16.3. The molecule has 3 atom stereocenters. The summed E-state index contributed by atoms with van der Waals surface area (Å²) in [4.78, 5) is 4.54. The number of rotatable bonds is 4. The quantitative estimate of drug-likeness (QED) is 0.898. The lowest BCUT2D eigenvalue weighted by Crippen LogP contribution is -2.38. The highest BCUT2D eigenvalue weighted by molar-refractivity contribution is 5.03. The van der Waals surface area contributed by atoms with Gasteiger partial charge in [-0.2, -0.15) is 0 Å². The van der Waals surface area contributed by atoms with Crippen LogP contribution < -0.4 is 0 Å². The number of aliphatic hydroxyl groups is 1. The zero-order valence-electron chi connectivity index (χ0n) is 13.6. The lowest BCUT2D eigenvalue weighted by molar-refractivity contribution is 0.0204. The Morgan fingerprint density at radius 2 is 2.10 bits per heavy atom. The molecule has 0 radical (unpaired) electrons. The molecule has 1 saturated carbocycles. The van der Waals surface area contributed by atoms with E-state index in [4.69, 9.17) is 0 Å². The summed E-state index contributed by atoms with van der Waals surface area (Å²) in [6.45, 7) is 11.4. The first-order valence-corrected chi connectivity index (χ1v) is 8.07. The van der Waals surface area contributed by atoms with Gasteiger partial charge in [-0.1, -0.05) is 41.0 Å². The Kier molecular flexibility index (Phi) is 4.58. The van der Waals surface area contributed by atoms with E-state index in [1.165, 1.54) is 6.42 Å². The zero-order chi connectivity index (χ0) is 14.9. The zero-order valence-corrected chi connectivity index (χ0v) is 13.6. The SMILES string of the molecule is CCC(C)(C)C1CCC(O)CC1n1ccnc1C(C)C. The van der Waals surface area contributed by atoms with Crippen LogP contribution in [0.2, 0.25) is 0 Å². The van der Waals surface area contributed by atoms with Crippen molar-refractivity contribution in [1.82, 2.24) is 9.55 Å². The molecule has 1 N–H and O–H groups in total. The van der Waals surface area contributed by atoms with Gasteiger partial charge in [0, 0.05) is 24.4 Å². The van der Waals surface area contributed by atoms with E-state index in [0.717, 1.165) is 25.1 Å². The Balaban J connectivity index is 2.35. The van der Waals surface area contributed by atoms with E-state index >= 15 is 0 Å². The third kappa shape index (κ3) is 2.93. The molecule has 114 valence electrons. The highest BCUT2D eigenvalue weighted by Crippen LogP contribution is 2.46. The molecule has 1 fully saturated rings. The van der Waals surface area contributed by atoms with Gasteiger partial charge in [0.1, 0.15) is 5.82 Å². The van der Waals surface area contributed by atoms with Crippen LogP contribution in [0.3, 0.4) is 0 Å². The van der Waals surface area contributed by atoms with E-state index in [-0.39, 0.29) is 6.10 Å². The summed E-state index contributed by atoms with van der Waals surface area (Å²) in [5, 5.41) is 10.1. The number of aromatic nitrogens is 2. The molecule has 1 heterocycles. The van der Waals surface area contributed by atoms with Crippen LogP contribution in [0.25, 0.3) is 0 Å². The van der Waals surface area contributed by atoms with Gasteiger partial charge in [0.25, 0.3) is 0 Å². The minimum atomic E-state index is -0.161. The van der Waals surface area contributed by atoms with E-state index in [2.05, 4.69) is 50.4 Å². The van der Waals surface area contributed by atoms with Crippen LogP contribution in [-0.4, -0.2) is 20.8 Å². The summed E-state index contributed by atoms with van der Waals surface area (Å²) < 4.78 is 2.34. The normalized spacial score (nSPS) is 28.1. The van der Waals surface area contributed by atoms with Crippen molar-refractivity contribution in [3.05, 3.63) is 18.2 Å². The second-order valence-electron chi connectivity index (χ2n) is 7.33. The van der Waals surface area contributed by atoms with Crippen LogP contribution in [0, 0.1) is 11.3 Å². The maximum atomic E-state index is 10.1. The van der Waals surface area contributed by atoms with Crippen LogP contribution in [0.1, 0.15) is 78.1 Å². The van der Waals surface area contributed by atoms with E-state index in [0.29, 0.717) is 23.3 Å². The molecule has 0 aromatic carbocycles. The van der Waals surface area contributed by atoms with E-state index in [9.17, 15) is 5.11 Å². The van der Waals surface area contributed by atoms with Gasteiger partial charge in [0.2, 0.25) is 0 Å². The molecule has 3 nitrogen and oxygen atoms in total. The molecule has 3 unspecified atom stereocenters. The lowest BCUT2D eigenvalue weighted by Gasteiger charge is -2.44. The fourth-order valence-corrected chi connectivity index (χ4v) is 3.66. The second kappa shape index (κ2) is 5.88. The standard InChI is InChI=1S/C17H30N2O/c1-6-17(4,5)14-8-7-13(20)11-15(14)19-10-9-18-16(19)12(2)3/h9-10,12-15,20H,6-8,11H2,1-5H3. The Bertz CT molecular complexity index is 436. The average Bonchev–Trinajstić information content (AvgIpc) is 2.87. The average molecular weight is 278 g/mol. The van der Waals surface area contributed by atoms with Crippen molar-refractivity contribution in [2.24, 2.45) is 11.3 Å². The summed E-state index contributed by atoms with van der Waals surface area (Å²) in [5.41, 5.74) is 0.309. The summed E-state index contributed by atoms with van der Waals surface area (Å²) in [5.74, 6) is 2.19. The summed E-state index contributed by atoms with van der Waals surface area (Å²) in [6.07, 6.45) is 7.95. The maximum Gasteiger partial charge on any atom is 0.111 e. The molecule has 0 bridgehead atoms. The predicted octanol–water partition coefficient (Wildman–Crippen LogP) is 4.14. The summed E-state index contributed by atoms with van der Waals surface area (Å²) in [7, 11) is 0. The molecular formula is C17H30N2O. The van der Waals surface area contributed by atoms with Crippen LogP contribution in [0.15, 0.2) is 12.4 Å². The molecule has 1 aliphatic carbocycles. The fourth-order valence-electron chi connectivity index (χ4n) is 3.66. The minimum absolute atomic E-state index is 0.161. The van der Waals surface area contributed by atoms with E-state index in [1.807, 2.05) is 6.20 Å². The van der Waals surface area contributed by atoms with Crippen LogP contribution >= 0.6 is 0 Å². The largest absolute Gasteiger partial charge is 0.393 e. The first-order valence-electron chi connectivity index (χ1n) is 8.07. The molecule has 0 amide bonds. The van der Waals surface area contributed by atoms with Gasteiger partial charge in [0.15, 0.2) is 0 Å². The molecule has 20 heavy (non-hydrogen) atoms. The van der Waals surface area contributed by atoms with E-state index < -0.39 is 0 Å². The van der Waals surface area contributed by atoms with Crippen LogP contribution in [0.5, 0.6) is 0 Å². The molecule has 0 saturated heterocycles. The molecule has 1 aliphatic rings. The third-order valence-corrected chi connectivity index (χ3v) is 5.28. The van der Waals surface area contributed by atoms with Crippen molar-refractivity contribution in [1.29, 1.82) is 0 Å². The summed E-state index contributed by atoms with van der Waals surface area (Å²) in [6, 6.07) is 0.383. The number of aliphatic hydroxyl groups excluding tert-OH is 1. The van der Waals surface area contributed by atoms with Crippen molar-refractivity contribution in [2.75, 3.05) is 0 Å². The van der Waals surface area contributed by atoms with Crippen molar-refractivity contribution >= 4 is 0 Å². The number of hydrogen-bond acceptors (Lipinski definition) is 2. The molecule has 1 aromatic heterocycles. The van der Waals surface area contributed by atoms with Gasteiger partial charge in [-0.3, -0.25) is 0 Å². The Hall–Kier alpha value is -0.830. The van der Waals surface area contributed by atoms with Crippen molar-refractivity contribution in [2.45, 2.75) is 78.4 Å². The first kappa shape index (κ1) is 15.6. The predicted molar refractivity (Wildman–Crippen MR) is 82.8 cm³/mol. The van der Waals surface area contributed by atoms with Crippen molar-refractivity contribution in [3.63, 3.8) is 0 Å². The van der Waals surface area contributed by atoms with Gasteiger partial charge < -0.3 is 9.67 Å². The van der Waals surface area contributed by atoms with Gasteiger partial charge in [0.05, 0.1) is 6.10 Å². The molecular weight excluding hydrogens is 248 g/mol.